The molecule has 0 atom stereocenters. The average Bonchev–Trinajstić information content (AvgIpc) is 3.03. The first-order chi connectivity index (χ1) is 10.7. The number of fused-ring (bicyclic) bond motifs is 1. The first kappa shape index (κ1) is 14.3. The van der Waals surface area contributed by atoms with Gasteiger partial charge in [-0.05, 0) is 12.1 Å². The Bertz CT molecular complexity index is 719. The summed E-state index contributed by atoms with van der Waals surface area (Å²) in [5, 5.41) is 0. The van der Waals surface area contributed by atoms with Crippen molar-refractivity contribution in [2.24, 2.45) is 0 Å². The van der Waals surface area contributed by atoms with E-state index in [9.17, 15) is 9.59 Å². The fourth-order valence-electron chi connectivity index (χ4n) is 2.66. The average molecular weight is 296 g/mol. The normalized spacial score (nSPS) is 12.4. The molecule has 0 saturated carbocycles. The monoisotopic (exact) mass is 296 g/mol. The molecule has 0 spiro atoms. The summed E-state index contributed by atoms with van der Waals surface area (Å²) < 4.78 is 10.9. The van der Waals surface area contributed by atoms with Crippen LogP contribution in [0, 0.1) is 0 Å². The number of hydrogen-bond donors (Lipinski definition) is 0. The predicted molar refractivity (Wildman–Crippen MR) is 81.9 cm³/mol. The van der Waals surface area contributed by atoms with Crippen molar-refractivity contribution in [1.82, 2.24) is 0 Å². The van der Waals surface area contributed by atoms with Gasteiger partial charge in [-0.25, -0.2) is 0 Å². The highest BCUT2D eigenvalue weighted by Crippen LogP contribution is 2.36. The smallest absolute Gasteiger partial charge is 0.174 e. The highest BCUT2D eigenvalue weighted by molar-refractivity contribution is 6.14. The summed E-state index contributed by atoms with van der Waals surface area (Å²) in [6.07, 6.45) is 0.548. The van der Waals surface area contributed by atoms with Gasteiger partial charge in [-0.1, -0.05) is 30.3 Å². The largest absolute Gasteiger partial charge is 0.496 e. The second-order valence-electron chi connectivity index (χ2n) is 5.11. The van der Waals surface area contributed by atoms with Crippen LogP contribution in [0.5, 0.6) is 11.5 Å². The van der Waals surface area contributed by atoms with E-state index in [1.807, 2.05) is 6.07 Å². The maximum absolute atomic E-state index is 12.5. The quantitative estimate of drug-likeness (QED) is 0.628. The third-order valence-corrected chi connectivity index (χ3v) is 3.75. The highest BCUT2D eigenvalue weighted by atomic mass is 16.5. The predicted octanol–water partition coefficient (Wildman–Crippen LogP) is 3.09. The summed E-state index contributed by atoms with van der Waals surface area (Å²) in [4.78, 5) is 24.6. The number of ketones is 2. The number of carbonyl (C=O) groups excluding carboxylic acids is 2. The van der Waals surface area contributed by atoms with Gasteiger partial charge >= 0.3 is 0 Å². The van der Waals surface area contributed by atoms with Crippen molar-refractivity contribution in [2.75, 3.05) is 13.7 Å². The SMILES string of the molecule is COc1c(C(=O)CC(=O)c2ccccc2)ccc2c1CCO2. The molecule has 4 heteroatoms. The van der Waals surface area contributed by atoms with Gasteiger partial charge < -0.3 is 9.47 Å². The third-order valence-electron chi connectivity index (χ3n) is 3.75. The van der Waals surface area contributed by atoms with Crippen molar-refractivity contribution in [3.05, 3.63) is 59.2 Å². The minimum atomic E-state index is -0.236. The molecule has 3 rings (SSSR count). The molecule has 0 radical (unpaired) electrons. The van der Waals surface area contributed by atoms with Gasteiger partial charge in [-0.3, -0.25) is 9.59 Å². The van der Waals surface area contributed by atoms with Crippen molar-refractivity contribution in [2.45, 2.75) is 12.8 Å². The van der Waals surface area contributed by atoms with Gasteiger partial charge in [0.15, 0.2) is 11.6 Å². The molecule has 0 aromatic heterocycles. The van der Waals surface area contributed by atoms with E-state index in [4.69, 9.17) is 9.47 Å². The number of carbonyl (C=O) groups is 2. The van der Waals surface area contributed by atoms with Crippen molar-refractivity contribution in [1.29, 1.82) is 0 Å². The molecule has 0 aliphatic carbocycles. The molecule has 1 heterocycles. The van der Waals surface area contributed by atoms with E-state index in [0.717, 1.165) is 11.3 Å². The Morgan fingerprint density at radius 3 is 2.59 bits per heavy atom. The molecule has 0 saturated heterocycles. The third kappa shape index (κ3) is 2.60. The molecular weight excluding hydrogens is 280 g/mol. The zero-order valence-electron chi connectivity index (χ0n) is 12.3. The van der Waals surface area contributed by atoms with Gasteiger partial charge in [0.05, 0.1) is 25.7 Å². The second-order valence-corrected chi connectivity index (χ2v) is 5.11. The summed E-state index contributed by atoms with van der Waals surface area (Å²) >= 11 is 0. The van der Waals surface area contributed by atoms with Crippen LogP contribution >= 0.6 is 0 Å². The molecule has 112 valence electrons. The Morgan fingerprint density at radius 1 is 1.09 bits per heavy atom. The molecule has 4 nitrogen and oxygen atoms in total. The van der Waals surface area contributed by atoms with Gasteiger partial charge in [-0.2, -0.15) is 0 Å². The molecule has 0 bridgehead atoms. The number of Topliss-reactive ketones (excluding diaryl/α,β-unsaturated/α-hetero) is 2. The molecule has 0 N–H and O–H groups in total. The lowest BCUT2D eigenvalue weighted by Crippen LogP contribution is -2.10. The van der Waals surface area contributed by atoms with Crippen molar-refractivity contribution in [3.8, 4) is 11.5 Å². The molecule has 0 amide bonds. The molecule has 0 fully saturated rings. The van der Waals surface area contributed by atoms with Gasteiger partial charge in [0.1, 0.15) is 11.5 Å². The van der Waals surface area contributed by atoms with Crippen LogP contribution in [0.1, 0.15) is 32.7 Å². The van der Waals surface area contributed by atoms with Gasteiger partial charge in [0.25, 0.3) is 0 Å². The first-order valence-electron chi connectivity index (χ1n) is 7.15. The van der Waals surface area contributed by atoms with Crippen LogP contribution in [0.4, 0.5) is 0 Å². The van der Waals surface area contributed by atoms with Crippen molar-refractivity contribution in [3.63, 3.8) is 0 Å². The number of benzene rings is 2. The molecule has 2 aromatic carbocycles. The number of hydrogen-bond acceptors (Lipinski definition) is 4. The fraction of sp³-hybridized carbons (Fsp3) is 0.222. The zero-order chi connectivity index (χ0) is 15.5. The van der Waals surface area contributed by atoms with Crippen LogP contribution in [-0.2, 0) is 6.42 Å². The van der Waals surface area contributed by atoms with Gasteiger partial charge in [0.2, 0.25) is 0 Å². The van der Waals surface area contributed by atoms with E-state index in [1.54, 1.807) is 36.4 Å². The van der Waals surface area contributed by atoms with Crippen LogP contribution < -0.4 is 9.47 Å². The van der Waals surface area contributed by atoms with Crippen LogP contribution in [-0.4, -0.2) is 25.3 Å². The molecule has 2 aromatic rings. The van der Waals surface area contributed by atoms with Crippen LogP contribution in [0.15, 0.2) is 42.5 Å². The Balaban J connectivity index is 1.85. The summed E-state index contributed by atoms with van der Waals surface area (Å²) in [6, 6.07) is 12.3. The Morgan fingerprint density at radius 2 is 1.86 bits per heavy atom. The van der Waals surface area contributed by atoms with E-state index < -0.39 is 0 Å². The second kappa shape index (κ2) is 6.02. The van der Waals surface area contributed by atoms with E-state index in [2.05, 4.69) is 0 Å². The minimum absolute atomic E-state index is 0.167. The lowest BCUT2D eigenvalue weighted by molar-refractivity contribution is 0.0892. The fourth-order valence-corrected chi connectivity index (χ4v) is 2.66. The van der Waals surface area contributed by atoms with E-state index >= 15 is 0 Å². The number of methoxy groups -OCH3 is 1. The van der Waals surface area contributed by atoms with Gasteiger partial charge in [-0.15, -0.1) is 0 Å². The minimum Gasteiger partial charge on any atom is -0.496 e. The molecule has 1 aliphatic rings. The topological polar surface area (TPSA) is 52.6 Å². The van der Waals surface area contributed by atoms with Gasteiger partial charge in [0, 0.05) is 17.5 Å². The Labute approximate surface area is 128 Å². The maximum atomic E-state index is 12.5. The maximum Gasteiger partial charge on any atom is 0.174 e. The number of rotatable bonds is 5. The Hall–Kier alpha value is -2.62. The van der Waals surface area contributed by atoms with Crippen LogP contribution in [0.25, 0.3) is 0 Å². The number of ether oxygens (including phenoxy) is 2. The highest BCUT2D eigenvalue weighted by Gasteiger charge is 2.24. The summed E-state index contributed by atoms with van der Waals surface area (Å²) in [7, 11) is 1.53. The molecular formula is C18H16O4. The molecule has 22 heavy (non-hydrogen) atoms. The lowest BCUT2D eigenvalue weighted by atomic mass is 9.98. The zero-order valence-corrected chi connectivity index (χ0v) is 12.3. The summed E-state index contributed by atoms with van der Waals surface area (Å²) in [5.41, 5.74) is 1.89. The molecule has 1 aliphatic heterocycles. The van der Waals surface area contributed by atoms with Crippen LogP contribution in [0.3, 0.4) is 0 Å². The summed E-state index contributed by atoms with van der Waals surface area (Å²) in [6.45, 7) is 0.590. The van der Waals surface area contributed by atoms with E-state index in [1.165, 1.54) is 7.11 Å². The van der Waals surface area contributed by atoms with E-state index in [-0.39, 0.29) is 18.0 Å². The Kier molecular flexibility index (Phi) is 3.92. The van der Waals surface area contributed by atoms with Crippen molar-refractivity contribution >= 4 is 11.6 Å². The standard InChI is InChI=1S/C18H16O4/c1-21-18-13(7-8-17-14(18)9-10-22-17)16(20)11-15(19)12-5-3-2-4-6-12/h2-8H,9-11H2,1H3. The first-order valence-corrected chi connectivity index (χ1v) is 7.15. The van der Waals surface area contributed by atoms with Crippen molar-refractivity contribution < 1.29 is 19.1 Å². The lowest BCUT2D eigenvalue weighted by Gasteiger charge is -2.11. The van der Waals surface area contributed by atoms with E-state index in [0.29, 0.717) is 29.9 Å². The summed E-state index contributed by atoms with van der Waals surface area (Å²) in [5.74, 6) is 0.855. The molecule has 0 unspecified atom stereocenters. The van der Waals surface area contributed by atoms with Crippen LogP contribution in [0.2, 0.25) is 0 Å².